The predicted molar refractivity (Wildman–Crippen MR) is 108 cm³/mol. The number of rotatable bonds is 7. The number of ether oxygens (including phenoxy) is 1. The van der Waals surface area contributed by atoms with E-state index in [4.69, 9.17) is 42.7 Å². The molecule has 0 spiro atoms. The summed E-state index contributed by atoms with van der Waals surface area (Å²) in [6.07, 6.45) is 3.27. The van der Waals surface area contributed by atoms with Gasteiger partial charge in [0.15, 0.2) is 0 Å². The number of aryl methyl sites for hydroxylation is 1. The smallest absolute Gasteiger partial charge is 0.521 e. The molecule has 0 aliphatic rings. The van der Waals surface area contributed by atoms with Gasteiger partial charge in [0, 0.05) is 18.4 Å². The molecular formula is C16H18Cl2N5O5P. The summed E-state index contributed by atoms with van der Waals surface area (Å²) < 4.78 is 18.9. The van der Waals surface area contributed by atoms with Gasteiger partial charge in [0.05, 0.1) is 22.9 Å². The molecule has 0 aliphatic heterocycles. The van der Waals surface area contributed by atoms with Gasteiger partial charge in [-0.15, -0.1) is 5.10 Å². The fraction of sp³-hybridized carbons (Fsp3) is 0.188. The van der Waals surface area contributed by atoms with Gasteiger partial charge in [-0.25, -0.2) is 19.9 Å². The van der Waals surface area contributed by atoms with Gasteiger partial charge >= 0.3 is 8.25 Å². The minimum absolute atomic E-state index is 0. The first kappa shape index (κ1) is 23.0. The Labute approximate surface area is 178 Å². The lowest BCUT2D eigenvalue weighted by Crippen LogP contribution is -2.13. The van der Waals surface area contributed by atoms with Crippen molar-refractivity contribution in [1.82, 2.24) is 19.7 Å². The summed E-state index contributed by atoms with van der Waals surface area (Å²) >= 11 is 12.3. The second-order valence-electron chi connectivity index (χ2n) is 5.25. The van der Waals surface area contributed by atoms with E-state index >= 15 is 0 Å². The first-order chi connectivity index (χ1) is 13.9. The first-order valence-corrected chi connectivity index (χ1v) is 9.87. The number of nitrogens with zero attached hydrogens (tertiary/aromatic N) is 4. The van der Waals surface area contributed by atoms with Gasteiger partial charge in [0.2, 0.25) is 5.88 Å². The Hall–Kier alpha value is -2.33. The molecule has 1 unspecified atom stereocenters. The zero-order valence-electron chi connectivity index (χ0n) is 15.0. The Morgan fingerprint density at radius 3 is 2.72 bits per heavy atom. The van der Waals surface area contributed by atoms with E-state index < -0.39 is 8.25 Å². The Balaban J connectivity index is 0.000000674. The fourth-order valence-corrected chi connectivity index (χ4v) is 2.45. The molecule has 2 aromatic heterocycles. The SMILES string of the molecule is Cc1ncnc(NCCOc2ccn(-c3ccccc3Cl)n2)c1Cl.O=[P+]([O-])OO.[HH]. The van der Waals surface area contributed by atoms with Crippen molar-refractivity contribution in [1.29, 1.82) is 0 Å². The van der Waals surface area contributed by atoms with Crippen LogP contribution in [0.5, 0.6) is 5.88 Å². The third-order valence-corrected chi connectivity index (χ3v) is 4.24. The van der Waals surface area contributed by atoms with Gasteiger partial charge < -0.3 is 14.9 Å². The zero-order valence-corrected chi connectivity index (χ0v) is 17.4. The molecule has 0 saturated carbocycles. The van der Waals surface area contributed by atoms with Gasteiger partial charge in [-0.05, 0) is 23.6 Å². The maximum atomic E-state index is 8.93. The van der Waals surface area contributed by atoms with E-state index in [-0.39, 0.29) is 1.43 Å². The lowest BCUT2D eigenvalue weighted by atomic mass is 10.3. The van der Waals surface area contributed by atoms with E-state index in [1.54, 1.807) is 16.9 Å². The fourth-order valence-electron chi connectivity index (χ4n) is 2.06. The van der Waals surface area contributed by atoms with Crippen molar-refractivity contribution >= 4 is 37.3 Å². The number of aromatic nitrogens is 4. The van der Waals surface area contributed by atoms with Crippen LogP contribution in [0.3, 0.4) is 0 Å². The standard InChI is InChI=1S/C16H15Cl2N5O.HO4P.H2/c1-11-15(18)16(21-10-20-11)19-7-9-24-14-6-8-23(22-14)13-5-3-2-4-12(13)17;1-4-5(2)3;/h2-6,8,10H,7,9H2,1H3,(H,19,20,21);1H;1H. The van der Waals surface area contributed by atoms with Crippen molar-refractivity contribution < 1.29 is 25.6 Å². The van der Waals surface area contributed by atoms with E-state index in [9.17, 15) is 0 Å². The molecule has 0 amide bonds. The average molecular weight is 462 g/mol. The number of hydrogen-bond acceptors (Lipinski definition) is 9. The number of benzene rings is 1. The number of hydrogen-bond donors (Lipinski definition) is 2. The molecule has 10 nitrogen and oxygen atoms in total. The molecule has 1 aromatic carbocycles. The third-order valence-electron chi connectivity index (χ3n) is 3.34. The summed E-state index contributed by atoms with van der Waals surface area (Å²) in [5, 5.41) is 15.6. The van der Waals surface area contributed by atoms with Crippen molar-refractivity contribution in [3.8, 4) is 11.6 Å². The third kappa shape index (κ3) is 7.21. The van der Waals surface area contributed by atoms with Crippen LogP contribution in [-0.4, -0.2) is 38.2 Å². The van der Waals surface area contributed by atoms with Crippen molar-refractivity contribution in [3.63, 3.8) is 0 Å². The summed E-state index contributed by atoms with van der Waals surface area (Å²) in [7, 11) is -3.04. The van der Waals surface area contributed by atoms with Crippen LogP contribution in [0, 0.1) is 6.92 Å². The lowest BCUT2D eigenvalue weighted by Gasteiger charge is -2.08. The van der Waals surface area contributed by atoms with Crippen molar-refractivity contribution in [3.05, 3.63) is 58.6 Å². The van der Waals surface area contributed by atoms with Gasteiger partial charge in [-0.3, -0.25) is 0 Å². The molecule has 3 rings (SSSR count). The highest BCUT2D eigenvalue weighted by Gasteiger charge is 2.07. The van der Waals surface area contributed by atoms with E-state index in [0.29, 0.717) is 34.9 Å². The monoisotopic (exact) mass is 461 g/mol. The molecule has 156 valence electrons. The van der Waals surface area contributed by atoms with Crippen LogP contribution in [0.15, 0.2) is 42.9 Å². The summed E-state index contributed by atoms with van der Waals surface area (Å²) in [6, 6.07) is 9.26. The zero-order chi connectivity index (χ0) is 21.2. The number of nitrogens with one attached hydrogen (secondary N) is 1. The molecule has 0 bridgehead atoms. The summed E-state index contributed by atoms with van der Waals surface area (Å²) in [4.78, 5) is 17.0. The molecule has 3 aromatic rings. The molecule has 0 fully saturated rings. The van der Waals surface area contributed by atoms with Gasteiger partial charge in [0.1, 0.15) is 23.8 Å². The van der Waals surface area contributed by atoms with Gasteiger partial charge in [0.25, 0.3) is 0 Å². The van der Waals surface area contributed by atoms with Crippen LogP contribution in [0.2, 0.25) is 10.0 Å². The van der Waals surface area contributed by atoms with E-state index in [1.807, 2.05) is 31.2 Å². The quantitative estimate of drug-likeness (QED) is 0.234. The summed E-state index contributed by atoms with van der Waals surface area (Å²) in [5.74, 6) is 1.11. The Morgan fingerprint density at radius 1 is 1.31 bits per heavy atom. The van der Waals surface area contributed by atoms with Crippen LogP contribution >= 0.6 is 31.5 Å². The number of para-hydroxylation sites is 1. The minimum atomic E-state index is -3.04. The normalized spacial score (nSPS) is 10.7. The van der Waals surface area contributed by atoms with Crippen molar-refractivity contribution in [2.75, 3.05) is 18.5 Å². The van der Waals surface area contributed by atoms with Crippen LogP contribution in [0.25, 0.3) is 5.69 Å². The Kier molecular flexibility index (Phi) is 9.20. The van der Waals surface area contributed by atoms with Crippen LogP contribution in [0.1, 0.15) is 7.12 Å². The second kappa shape index (κ2) is 11.6. The molecule has 29 heavy (non-hydrogen) atoms. The molecule has 2 heterocycles. The highest BCUT2D eigenvalue weighted by molar-refractivity contribution is 7.30. The van der Waals surface area contributed by atoms with E-state index in [1.165, 1.54) is 6.33 Å². The maximum absolute atomic E-state index is 8.93. The largest absolute Gasteiger partial charge is 0.565 e. The highest BCUT2D eigenvalue weighted by atomic mass is 35.5. The molecule has 2 N–H and O–H groups in total. The summed E-state index contributed by atoms with van der Waals surface area (Å²) in [6.45, 7) is 2.78. The second-order valence-corrected chi connectivity index (χ2v) is 6.65. The van der Waals surface area contributed by atoms with E-state index in [2.05, 4.69) is 25.1 Å². The van der Waals surface area contributed by atoms with Gasteiger partial charge in [-0.1, -0.05) is 35.3 Å². The maximum Gasteiger partial charge on any atom is 0.521 e. The topological polar surface area (TPSA) is 134 Å². The van der Waals surface area contributed by atoms with E-state index in [0.717, 1.165) is 11.4 Å². The minimum Gasteiger partial charge on any atom is -0.565 e. The number of anilines is 1. The molecule has 13 heteroatoms. The molecular weight excluding hydrogens is 444 g/mol. The molecule has 0 saturated heterocycles. The molecule has 0 radical (unpaired) electrons. The van der Waals surface area contributed by atoms with Crippen LogP contribution in [-0.2, 0) is 9.24 Å². The molecule has 0 aliphatic carbocycles. The molecule has 1 atom stereocenters. The van der Waals surface area contributed by atoms with Crippen molar-refractivity contribution in [2.24, 2.45) is 0 Å². The van der Waals surface area contributed by atoms with Crippen molar-refractivity contribution in [2.45, 2.75) is 6.92 Å². The Morgan fingerprint density at radius 2 is 2.03 bits per heavy atom. The van der Waals surface area contributed by atoms with Crippen LogP contribution < -0.4 is 14.9 Å². The van der Waals surface area contributed by atoms with Crippen LogP contribution in [0.4, 0.5) is 5.82 Å². The number of halogens is 2. The highest BCUT2D eigenvalue weighted by Crippen LogP contribution is 2.21. The first-order valence-electron chi connectivity index (χ1n) is 8.02. The summed E-state index contributed by atoms with van der Waals surface area (Å²) in [5.41, 5.74) is 1.53. The predicted octanol–water partition coefficient (Wildman–Crippen LogP) is 3.51. The Bertz CT molecular complexity index is 965. The van der Waals surface area contributed by atoms with Gasteiger partial charge in [-0.2, -0.15) is 0 Å². The average Bonchev–Trinajstić information content (AvgIpc) is 3.18. The lowest BCUT2D eigenvalue weighted by molar-refractivity contribution is -0.244.